The number of aliphatic carboxylic acids is 1. The molecule has 6 nitrogen and oxygen atoms in total. The summed E-state index contributed by atoms with van der Waals surface area (Å²) in [5, 5.41) is 12.4. The molecule has 0 radical (unpaired) electrons. The Bertz CT molecular complexity index is 416. The van der Waals surface area contributed by atoms with Crippen molar-refractivity contribution in [1.29, 1.82) is 0 Å². The van der Waals surface area contributed by atoms with E-state index in [1.54, 1.807) is 0 Å². The van der Waals surface area contributed by atoms with E-state index in [2.05, 4.69) is 5.32 Å². The number of carboxylic acid groups (broad SMARTS) is 1. The number of rotatable bonds is 6. The molecule has 1 aliphatic carbocycles. The van der Waals surface area contributed by atoms with Crippen LogP contribution < -0.4 is 5.32 Å². The smallest absolute Gasteiger partial charge is 0.330 e. The van der Waals surface area contributed by atoms with Crippen LogP contribution in [0.25, 0.3) is 0 Å². The van der Waals surface area contributed by atoms with Crippen LogP contribution in [0.1, 0.15) is 46.5 Å². The van der Waals surface area contributed by atoms with Gasteiger partial charge in [-0.15, -0.1) is 0 Å². The highest BCUT2D eigenvalue weighted by atomic mass is 16.5. The maximum absolute atomic E-state index is 12.2. The molecule has 2 rings (SSSR count). The van der Waals surface area contributed by atoms with Crippen molar-refractivity contribution in [3.8, 4) is 0 Å². The fourth-order valence-corrected chi connectivity index (χ4v) is 3.34. The maximum Gasteiger partial charge on any atom is 0.330 e. The van der Waals surface area contributed by atoms with Gasteiger partial charge < -0.3 is 19.9 Å². The summed E-state index contributed by atoms with van der Waals surface area (Å²) in [6, 6.07) is 0. The van der Waals surface area contributed by atoms with E-state index >= 15 is 0 Å². The van der Waals surface area contributed by atoms with Crippen molar-refractivity contribution < 1.29 is 24.2 Å². The normalized spacial score (nSPS) is 34.2. The molecule has 21 heavy (non-hydrogen) atoms. The number of carbonyl (C=O) groups is 2. The first kappa shape index (κ1) is 16.2. The molecule has 0 aromatic carbocycles. The lowest BCUT2D eigenvalue weighted by molar-refractivity contribution is -0.194. The van der Waals surface area contributed by atoms with Crippen molar-refractivity contribution >= 4 is 11.9 Å². The molecule has 2 N–H and O–H groups in total. The fraction of sp³-hybridized carbons (Fsp3) is 0.867. The molecule has 1 heterocycles. The number of nitrogens with one attached hydrogen (secondary N) is 1. The third-order valence-electron chi connectivity index (χ3n) is 4.92. The Kier molecular flexibility index (Phi) is 4.58. The van der Waals surface area contributed by atoms with Gasteiger partial charge in [0.05, 0.1) is 18.6 Å². The lowest BCUT2D eigenvalue weighted by Gasteiger charge is -2.58. The molecule has 1 amide bonds. The number of carboxylic acids is 1. The first-order valence-corrected chi connectivity index (χ1v) is 7.61. The summed E-state index contributed by atoms with van der Waals surface area (Å²) < 4.78 is 11.0. The Balaban J connectivity index is 2.02. The first-order chi connectivity index (χ1) is 9.83. The zero-order chi connectivity index (χ0) is 15.7. The molecule has 1 aliphatic heterocycles. The van der Waals surface area contributed by atoms with Gasteiger partial charge in [0.15, 0.2) is 0 Å². The molecule has 0 aromatic rings. The SMILES string of the molecule is CCOC1CC(NC(=O)CC2CCCO2)(C(=O)O)C1(C)C. The summed E-state index contributed by atoms with van der Waals surface area (Å²) in [5.74, 6) is -1.25. The quantitative estimate of drug-likeness (QED) is 0.773. The third-order valence-corrected chi connectivity index (χ3v) is 4.92. The van der Waals surface area contributed by atoms with Crippen LogP contribution in [-0.2, 0) is 19.1 Å². The highest BCUT2D eigenvalue weighted by Crippen LogP contribution is 2.51. The Morgan fingerprint density at radius 2 is 2.14 bits per heavy atom. The van der Waals surface area contributed by atoms with E-state index in [1.807, 2.05) is 20.8 Å². The molecule has 3 unspecified atom stereocenters. The molecule has 3 atom stereocenters. The van der Waals surface area contributed by atoms with Gasteiger partial charge in [-0.2, -0.15) is 0 Å². The molecule has 0 spiro atoms. The third kappa shape index (κ3) is 2.79. The van der Waals surface area contributed by atoms with E-state index in [4.69, 9.17) is 9.47 Å². The summed E-state index contributed by atoms with van der Waals surface area (Å²) in [6.45, 7) is 6.76. The molecule has 6 heteroatoms. The van der Waals surface area contributed by atoms with Crippen molar-refractivity contribution in [3.63, 3.8) is 0 Å². The van der Waals surface area contributed by atoms with E-state index in [1.165, 1.54) is 0 Å². The van der Waals surface area contributed by atoms with Crippen molar-refractivity contribution in [2.24, 2.45) is 5.41 Å². The second-order valence-corrected chi connectivity index (χ2v) is 6.47. The van der Waals surface area contributed by atoms with Crippen molar-refractivity contribution in [3.05, 3.63) is 0 Å². The van der Waals surface area contributed by atoms with Crippen LogP contribution >= 0.6 is 0 Å². The van der Waals surface area contributed by atoms with Crippen LogP contribution in [0.4, 0.5) is 0 Å². The van der Waals surface area contributed by atoms with Gasteiger partial charge >= 0.3 is 5.97 Å². The average Bonchev–Trinajstić information content (AvgIpc) is 2.89. The van der Waals surface area contributed by atoms with Crippen LogP contribution in [-0.4, -0.2) is 47.9 Å². The van der Waals surface area contributed by atoms with E-state index in [0.29, 0.717) is 19.6 Å². The summed E-state index contributed by atoms with van der Waals surface area (Å²) in [7, 11) is 0. The number of carbonyl (C=O) groups excluding carboxylic acids is 1. The van der Waals surface area contributed by atoms with Gasteiger partial charge in [0, 0.05) is 25.0 Å². The van der Waals surface area contributed by atoms with E-state index < -0.39 is 16.9 Å². The Morgan fingerprint density at radius 1 is 1.43 bits per heavy atom. The van der Waals surface area contributed by atoms with Gasteiger partial charge in [-0.05, 0) is 19.8 Å². The molecule has 1 saturated heterocycles. The standard InChI is InChI=1S/C15H25NO5/c1-4-20-11-9-15(13(18)19,14(11,2)3)16-12(17)8-10-6-5-7-21-10/h10-11H,4-9H2,1-3H3,(H,16,17)(H,18,19). The van der Waals surface area contributed by atoms with Gasteiger partial charge in [-0.25, -0.2) is 4.79 Å². The number of hydrogen-bond donors (Lipinski definition) is 2. The topological polar surface area (TPSA) is 84.9 Å². The monoisotopic (exact) mass is 299 g/mol. The summed E-state index contributed by atoms with van der Waals surface area (Å²) in [6.07, 6.45) is 2.12. The minimum Gasteiger partial charge on any atom is -0.479 e. The zero-order valence-electron chi connectivity index (χ0n) is 13.0. The van der Waals surface area contributed by atoms with E-state index in [0.717, 1.165) is 12.8 Å². The highest BCUT2D eigenvalue weighted by molar-refractivity contribution is 5.89. The van der Waals surface area contributed by atoms with Crippen LogP contribution in [0.15, 0.2) is 0 Å². The molecule has 1 saturated carbocycles. The maximum atomic E-state index is 12.2. The largest absolute Gasteiger partial charge is 0.479 e. The van der Waals surface area contributed by atoms with Gasteiger partial charge in [-0.1, -0.05) is 13.8 Å². The lowest BCUT2D eigenvalue weighted by atomic mass is 9.54. The Morgan fingerprint density at radius 3 is 2.62 bits per heavy atom. The predicted molar refractivity (Wildman–Crippen MR) is 75.9 cm³/mol. The number of ether oxygens (including phenoxy) is 2. The second kappa shape index (κ2) is 5.93. The molecule has 2 aliphatic rings. The van der Waals surface area contributed by atoms with Crippen molar-refractivity contribution in [2.75, 3.05) is 13.2 Å². The molecule has 120 valence electrons. The highest BCUT2D eigenvalue weighted by Gasteiger charge is 2.66. The predicted octanol–water partition coefficient (Wildman–Crippen LogP) is 1.33. The van der Waals surface area contributed by atoms with Crippen molar-refractivity contribution in [2.45, 2.75) is 64.2 Å². The average molecular weight is 299 g/mol. The van der Waals surface area contributed by atoms with Crippen LogP contribution in [0, 0.1) is 5.41 Å². The van der Waals surface area contributed by atoms with Gasteiger partial charge in [0.2, 0.25) is 5.91 Å². The van der Waals surface area contributed by atoms with Gasteiger partial charge in [-0.3, -0.25) is 4.79 Å². The van der Waals surface area contributed by atoms with Gasteiger partial charge in [0.25, 0.3) is 0 Å². The molecule has 2 fully saturated rings. The summed E-state index contributed by atoms with van der Waals surface area (Å²) >= 11 is 0. The van der Waals surface area contributed by atoms with Crippen LogP contribution in [0.3, 0.4) is 0 Å². The molecule has 0 bridgehead atoms. The summed E-state index contributed by atoms with van der Waals surface area (Å²) in [5.41, 5.74) is -1.89. The number of hydrogen-bond acceptors (Lipinski definition) is 4. The minimum atomic E-state index is -1.25. The molecule has 0 aromatic heterocycles. The van der Waals surface area contributed by atoms with Crippen LogP contribution in [0.5, 0.6) is 0 Å². The Hall–Kier alpha value is -1.14. The number of amides is 1. The van der Waals surface area contributed by atoms with Crippen LogP contribution in [0.2, 0.25) is 0 Å². The van der Waals surface area contributed by atoms with Crippen molar-refractivity contribution in [1.82, 2.24) is 5.32 Å². The van der Waals surface area contributed by atoms with E-state index in [9.17, 15) is 14.7 Å². The fourth-order valence-electron chi connectivity index (χ4n) is 3.34. The lowest BCUT2D eigenvalue weighted by Crippen LogP contribution is -2.76. The Labute approximate surface area is 125 Å². The molecular weight excluding hydrogens is 274 g/mol. The first-order valence-electron chi connectivity index (χ1n) is 7.61. The summed E-state index contributed by atoms with van der Waals surface area (Å²) in [4.78, 5) is 23.9. The zero-order valence-corrected chi connectivity index (χ0v) is 13.0. The minimum absolute atomic E-state index is 0.0817. The van der Waals surface area contributed by atoms with E-state index in [-0.39, 0.29) is 24.5 Å². The molecular formula is C15H25NO5. The van der Waals surface area contributed by atoms with Gasteiger partial charge in [0.1, 0.15) is 5.54 Å². The second-order valence-electron chi connectivity index (χ2n) is 6.47.